The molecule has 3 aromatic rings. The van der Waals surface area contributed by atoms with Gasteiger partial charge < -0.3 is 19.9 Å². The number of carbonyl (C=O) groups excluding carboxylic acids is 1. The van der Waals surface area contributed by atoms with Gasteiger partial charge in [-0.25, -0.2) is 0 Å². The van der Waals surface area contributed by atoms with E-state index in [4.69, 9.17) is 5.11 Å². The van der Waals surface area contributed by atoms with Crippen LogP contribution in [0.5, 0.6) is 0 Å². The number of aliphatic hydroxyl groups is 3. The van der Waals surface area contributed by atoms with Crippen molar-refractivity contribution in [3.05, 3.63) is 42.2 Å². The lowest BCUT2D eigenvalue weighted by Gasteiger charge is -2.14. The van der Waals surface area contributed by atoms with Gasteiger partial charge in [0.25, 0.3) is 0 Å². The third kappa shape index (κ3) is 2.61. The number of aryl methyl sites for hydroxylation is 1. The van der Waals surface area contributed by atoms with Crippen molar-refractivity contribution in [2.45, 2.75) is 18.6 Å². The highest BCUT2D eigenvalue weighted by Gasteiger charge is 2.23. The minimum absolute atomic E-state index is 0.255. The molecule has 0 radical (unpaired) electrons. The van der Waals surface area contributed by atoms with Gasteiger partial charge in [0.1, 0.15) is 11.8 Å². The van der Waals surface area contributed by atoms with Gasteiger partial charge in [0.05, 0.1) is 18.2 Å². The topological polar surface area (TPSA) is 95.6 Å². The van der Waals surface area contributed by atoms with Crippen molar-refractivity contribution < 1.29 is 20.1 Å². The smallest absolute Gasteiger partial charge is 0.186 e. The third-order valence-electron chi connectivity index (χ3n) is 4.11. The van der Waals surface area contributed by atoms with Gasteiger partial charge in [-0.1, -0.05) is 18.2 Å². The second-order valence-corrected chi connectivity index (χ2v) is 5.58. The van der Waals surface area contributed by atoms with Gasteiger partial charge >= 0.3 is 0 Å². The number of pyridine rings is 1. The number of benzene rings is 1. The fourth-order valence-corrected chi connectivity index (χ4v) is 2.87. The minimum Gasteiger partial charge on any atom is -0.394 e. The Balaban J connectivity index is 2.10. The van der Waals surface area contributed by atoms with Crippen molar-refractivity contribution in [3.8, 4) is 0 Å². The maximum atomic E-state index is 12.5. The highest BCUT2D eigenvalue weighted by atomic mass is 16.4. The van der Waals surface area contributed by atoms with Gasteiger partial charge in [0, 0.05) is 36.0 Å². The van der Waals surface area contributed by atoms with Crippen LogP contribution in [-0.4, -0.2) is 49.5 Å². The predicted molar refractivity (Wildman–Crippen MR) is 86.3 cm³/mol. The lowest BCUT2D eigenvalue weighted by molar-refractivity contribution is -0.0148. The summed E-state index contributed by atoms with van der Waals surface area (Å²) >= 11 is 0. The summed E-state index contributed by atoms with van der Waals surface area (Å²) in [6.07, 6.45) is -1.39. The van der Waals surface area contributed by atoms with E-state index in [9.17, 15) is 15.0 Å². The lowest BCUT2D eigenvalue weighted by atomic mass is 10.0. The molecule has 2 heterocycles. The van der Waals surface area contributed by atoms with Crippen LogP contribution in [0.15, 0.2) is 36.5 Å². The number of hydrogen-bond acceptors (Lipinski definition) is 5. The van der Waals surface area contributed by atoms with Gasteiger partial charge in [0.2, 0.25) is 0 Å². The maximum absolute atomic E-state index is 12.5. The van der Waals surface area contributed by atoms with E-state index >= 15 is 0 Å². The summed E-state index contributed by atoms with van der Waals surface area (Å²) in [5.41, 5.74) is 1.94. The summed E-state index contributed by atoms with van der Waals surface area (Å²) < 4.78 is 1.90. The largest absolute Gasteiger partial charge is 0.394 e. The molecule has 3 N–H and O–H groups in total. The average molecular weight is 314 g/mol. The number of Topliss-reactive ketones (excluding diaryl/α,β-unsaturated/α-hetero) is 1. The number of aromatic nitrogens is 2. The molecule has 0 saturated heterocycles. The van der Waals surface area contributed by atoms with Crippen LogP contribution in [0.4, 0.5) is 0 Å². The zero-order chi connectivity index (χ0) is 16.6. The molecule has 6 heteroatoms. The molecule has 0 saturated carbocycles. The second kappa shape index (κ2) is 6.08. The lowest BCUT2D eigenvalue weighted by Crippen LogP contribution is -2.31. The van der Waals surface area contributed by atoms with Gasteiger partial charge in [-0.3, -0.25) is 9.78 Å². The van der Waals surface area contributed by atoms with E-state index in [0.717, 1.165) is 16.3 Å². The third-order valence-corrected chi connectivity index (χ3v) is 4.11. The summed E-state index contributed by atoms with van der Waals surface area (Å²) in [6, 6.07) is 9.67. The number of para-hydroxylation sites is 1. The number of rotatable bonds is 5. The number of nitrogens with zero attached hydrogens (tertiary/aromatic N) is 2. The fourth-order valence-electron chi connectivity index (χ4n) is 2.87. The molecule has 0 bridgehead atoms. The monoisotopic (exact) mass is 314 g/mol. The van der Waals surface area contributed by atoms with Gasteiger partial charge in [0.15, 0.2) is 5.78 Å². The Morgan fingerprint density at radius 1 is 1.17 bits per heavy atom. The van der Waals surface area contributed by atoms with E-state index in [1.165, 1.54) is 0 Å². The van der Waals surface area contributed by atoms with E-state index in [-0.39, 0.29) is 17.9 Å². The molecular formula is C17H18N2O4. The Labute approximate surface area is 132 Å². The van der Waals surface area contributed by atoms with Gasteiger partial charge in [-0.2, -0.15) is 0 Å². The van der Waals surface area contributed by atoms with Crippen LogP contribution in [0.1, 0.15) is 16.9 Å². The Kier molecular flexibility index (Phi) is 4.12. The molecule has 0 amide bonds. The first kappa shape index (κ1) is 15.6. The normalized spacial score (nSPS) is 14.3. The Morgan fingerprint density at radius 3 is 2.65 bits per heavy atom. The van der Waals surface area contributed by atoms with Crippen molar-refractivity contribution >= 4 is 27.6 Å². The Morgan fingerprint density at radius 2 is 1.91 bits per heavy atom. The number of fused-ring (bicyclic) bond motifs is 3. The van der Waals surface area contributed by atoms with Crippen LogP contribution < -0.4 is 0 Å². The van der Waals surface area contributed by atoms with Crippen molar-refractivity contribution in [2.24, 2.45) is 7.05 Å². The summed E-state index contributed by atoms with van der Waals surface area (Å²) in [5.74, 6) is -0.374. The molecule has 2 unspecified atom stereocenters. The SMILES string of the molecule is Cn1c2ccccc2c2ccnc(C(=O)CC(O)C(O)CO)c21. The molecule has 0 spiro atoms. The molecule has 0 aliphatic rings. The van der Waals surface area contributed by atoms with Crippen molar-refractivity contribution in [1.29, 1.82) is 0 Å². The summed E-state index contributed by atoms with van der Waals surface area (Å²) in [6.45, 7) is -0.597. The standard InChI is InChI=1S/C17H18N2O4/c1-19-12-5-3-2-4-10(12)11-6-7-18-16(17(11)19)14(22)8-13(21)15(23)9-20/h2-7,13,15,20-21,23H,8-9H2,1H3. The van der Waals surface area contributed by atoms with Crippen LogP contribution >= 0.6 is 0 Å². The molecule has 6 nitrogen and oxygen atoms in total. The molecule has 3 rings (SSSR count). The fraction of sp³-hybridized carbons (Fsp3) is 0.294. The molecule has 120 valence electrons. The van der Waals surface area contributed by atoms with Crippen LogP contribution in [0.2, 0.25) is 0 Å². The molecule has 0 fully saturated rings. The first-order chi connectivity index (χ1) is 11.0. The summed E-state index contributed by atoms with van der Waals surface area (Å²) in [4.78, 5) is 16.7. The zero-order valence-electron chi connectivity index (χ0n) is 12.7. The van der Waals surface area contributed by atoms with E-state index < -0.39 is 18.8 Å². The molecular weight excluding hydrogens is 296 g/mol. The van der Waals surface area contributed by atoms with Gasteiger partial charge in [-0.15, -0.1) is 0 Å². The Hall–Kier alpha value is -2.28. The Bertz CT molecular complexity index is 872. The number of aliphatic hydroxyl groups excluding tert-OH is 3. The first-order valence-electron chi connectivity index (χ1n) is 7.37. The molecule has 23 heavy (non-hydrogen) atoms. The highest BCUT2D eigenvalue weighted by molar-refractivity contribution is 6.14. The summed E-state index contributed by atoms with van der Waals surface area (Å²) in [5, 5.41) is 30.0. The van der Waals surface area contributed by atoms with Crippen molar-refractivity contribution in [2.75, 3.05) is 6.61 Å². The second-order valence-electron chi connectivity index (χ2n) is 5.58. The number of hydrogen-bond donors (Lipinski definition) is 3. The van der Waals surface area contributed by atoms with Crippen molar-refractivity contribution in [1.82, 2.24) is 9.55 Å². The van der Waals surface area contributed by atoms with E-state index in [0.29, 0.717) is 5.52 Å². The maximum Gasteiger partial charge on any atom is 0.186 e. The van der Waals surface area contributed by atoms with E-state index in [1.54, 1.807) is 6.20 Å². The summed E-state index contributed by atoms with van der Waals surface area (Å²) in [7, 11) is 1.86. The predicted octanol–water partition coefficient (Wildman–Crippen LogP) is 1.01. The van der Waals surface area contributed by atoms with Crippen LogP contribution in [0, 0.1) is 0 Å². The van der Waals surface area contributed by atoms with Crippen molar-refractivity contribution in [3.63, 3.8) is 0 Å². The van der Waals surface area contributed by atoms with E-state index in [2.05, 4.69) is 4.98 Å². The van der Waals surface area contributed by atoms with Gasteiger partial charge in [-0.05, 0) is 12.1 Å². The van der Waals surface area contributed by atoms with Crippen LogP contribution in [0.25, 0.3) is 21.8 Å². The quantitative estimate of drug-likeness (QED) is 0.611. The molecule has 2 aromatic heterocycles. The number of ketones is 1. The first-order valence-corrected chi connectivity index (χ1v) is 7.37. The zero-order valence-corrected chi connectivity index (χ0v) is 12.7. The van der Waals surface area contributed by atoms with Crippen LogP contribution in [0.3, 0.4) is 0 Å². The molecule has 2 atom stereocenters. The van der Waals surface area contributed by atoms with Crippen LogP contribution in [-0.2, 0) is 7.05 Å². The molecule has 1 aromatic carbocycles. The molecule has 0 aliphatic carbocycles. The average Bonchev–Trinajstić information content (AvgIpc) is 2.87. The highest BCUT2D eigenvalue weighted by Crippen LogP contribution is 2.29. The number of carbonyl (C=O) groups is 1. The minimum atomic E-state index is -1.34. The van der Waals surface area contributed by atoms with E-state index in [1.807, 2.05) is 41.9 Å². The molecule has 0 aliphatic heterocycles.